The molecule has 0 atom stereocenters. The van der Waals surface area contributed by atoms with E-state index >= 15 is 0 Å². The second kappa shape index (κ2) is 9.14. The van der Waals surface area contributed by atoms with E-state index in [2.05, 4.69) is 15.0 Å². The van der Waals surface area contributed by atoms with Crippen LogP contribution in [0.25, 0.3) is 10.6 Å². The first kappa shape index (κ1) is 19.6. The predicted octanol–water partition coefficient (Wildman–Crippen LogP) is 4.20. The molecule has 0 spiro atoms. The Labute approximate surface area is 167 Å². The van der Waals surface area contributed by atoms with Crippen LogP contribution in [0.4, 0.5) is 5.69 Å². The Morgan fingerprint density at radius 3 is 2.46 bits per heavy atom. The predicted molar refractivity (Wildman–Crippen MR) is 108 cm³/mol. The van der Waals surface area contributed by atoms with Crippen LogP contribution >= 0.6 is 11.3 Å². The van der Waals surface area contributed by atoms with Gasteiger partial charge in [-0.2, -0.15) is 0 Å². The molecule has 0 radical (unpaired) electrons. The van der Waals surface area contributed by atoms with Gasteiger partial charge >= 0.3 is 11.9 Å². The number of hydrogen-bond donors (Lipinski definition) is 1. The van der Waals surface area contributed by atoms with E-state index in [1.54, 1.807) is 42.5 Å². The summed E-state index contributed by atoms with van der Waals surface area (Å²) in [5.74, 6) is -1.05. The van der Waals surface area contributed by atoms with Gasteiger partial charge in [-0.3, -0.25) is 4.79 Å². The first-order valence-corrected chi connectivity index (χ1v) is 9.61. The van der Waals surface area contributed by atoms with Gasteiger partial charge in [0.15, 0.2) is 0 Å². The molecule has 6 nitrogen and oxygen atoms in total. The lowest BCUT2D eigenvalue weighted by molar-refractivity contribution is -0.152. The second-order valence-electron chi connectivity index (χ2n) is 5.88. The van der Waals surface area contributed by atoms with Gasteiger partial charge in [0.2, 0.25) is 0 Å². The van der Waals surface area contributed by atoms with Gasteiger partial charge in [-0.05, 0) is 38.1 Å². The summed E-state index contributed by atoms with van der Waals surface area (Å²) >= 11 is 1.61. The molecule has 1 heterocycles. The number of carbonyl (C=O) groups is 2. The largest absolute Gasteiger partial charge is 0.488 e. The van der Waals surface area contributed by atoms with Crippen molar-refractivity contribution in [3.63, 3.8) is 0 Å². The minimum absolute atomic E-state index is 0.155. The second-order valence-corrected chi connectivity index (χ2v) is 6.96. The van der Waals surface area contributed by atoms with E-state index in [1.165, 1.54) is 0 Å². The number of anilines is 1. The Morgan fingerprint density at radius 1 is 1.07 bits per heavy atom. The van der Waals surface area contributed by atoms with Crippen LogP contribution in [0.3, 0.4) is 0 Å². The highest BCUT2D eigenvalue weighted by Crippen LogP contribution is 2.28. The first-order valence-electron chi connectivity index (χ1n) is 8.79. The molecule has 1 N–H and O–H groups in total. The van der Waals surface area contributed by atoms with Gasteiger partial charge in [0.1, 0.15) is 17.4 Å². The van der Waals surface area contributed by atoms with Crippen LogP contribution < -0.4 is 10.1 Å². The zero-order valence-corrected chi connectivity index (χ0v) is 16.4. The van der Waals surface area contributed by atoms with Crippen LogP contribution in [0.15, 0.2) is 54.6 Å². The number of thiazole rings is 1. The van der Waals surface area contributed by atoms with E-state index in [4.69, 9.17) is 4.74 Å². The number of nitrogens with one attached hydrogen (secondary N) is 1. The number of benzene rings is 2. The van der Waals surface area contributed by atoms with Crippen LogP contribution in [-0.2, 0) is 20.9 Å². The molecule has 2 aromatic carbocycles. The summed E-state index contributed by atoms with van der Waals surface area (Å²) < 4.78 is 10.5. The van der Waals surface area contributed by atoms with E-state index in [0.29, 0.717) is 18.0 Å². The average molecular weight is 396 g/mol. The SMILES string of the molecule is CCOC(=O)C(=O)Nc1ccc(OCc2sc(-c3ccccc3)nc2C)cc1. The summed E-state index contributed by atoms with van der Waals surface area (Å²) in [6.45, 7) is 4.17. The molecule has 0 unspecified atom stereocenters. The number of nitrogens with zero attached hydrogens (tertiary/aromatic N) is 1. The molecule has 0 aliphatic heterocycles. The highest BCUT2D eigenvalue weighted by Gasteiger charge is 2.14. The number of amides is 1. The van der Waals surface area contributed by atoms with Gasteiger partial charge in [0.05, 0.1) is 17.2 Å². The highest BCUT2D eigenvalue weighted by atomic mass is 32.1. The fourth-order valence-corrected chi connectivity index (χ4v) is 3.41. The summed E-state index contributed by atoms with van der Waals surface area (Å²) in [4.78, 5) is 28.7. The van der Waals surface area contributed by atoms with E-state index < -0.39 is 11.9 Å². The third kappa shape index (κ3) is 4.95. The normalized spacial score (nSPS) is 10.4. The fourth-order valence-electron chi connectivity index (χ4n) is 2.43. The van der Waals surface area contributed by atoms with Crippen molar-refractivity contribution in [2.24, 2.45) is 0 Å². The van der Waals surface area contributed by atoms with Gasteiger partial charge in [-0.25, -0.2) is 9.78 Å². The van der Waals surface area contributed by atoms with Crippen molar-refractivity contribution in [3.05, 3.63) is 65.2 Å². The van der Waals surface area contributed by atoms with E-state index in [1.807, 2.05) is 37.3 Å². The van der Waals surface area contributed by atoms with Crippen molar-refractivity contribution in [2.45, 2.75) is 20.5 Å². The Kier molecular flexibility index (Phi) is 6.39. The van der Waals surface area contributed by atoms with Crippen molar-refractivity contribution in [1.29, 1.82) is 0 Å². The molecule has 7 heteroatoms. The molecule has 0 bridgehead atoms. The maximum atomic E-state index is 11.6. The van der Waals surface area contributed by atoms with Gasteiger partial charge in [0.25, 0.3) is 0 Å². The van der Waals surface area contributed by atoms with Crippen LogP contribution in [0.1, 0.15) is 17.5 Å². The zero-order chi connectivity index (χ0) is 19.9. The number of ether oxygens (including phenoxy) is 2. The van der Waals surface area contributed by atoms with Crippen molar-refractivity contribution >= 4 is 28.9 Å². The van der Waals surface area contributed by atoms with Crippen molar-refractivity contribution in [3.8, 4) is 16.3 Å². The molecule has 1 amide bonds. The minimum atomic E-state index is -0.905. The van der Waals surface area contributed by atoms with E-state index in [0.717, 1.165) is 21.1 Å². The highest BCUT2D eigenvalue weighted by molar-refractivity contribution is 7.15. The number of carbonyl (C=O) groups excluding carboxylic acids is 2. The fraction of sp³-hybridized carbons (Fsp3) is 0.190. The Hall–Kier alpha value is -3.19. The summed E-state index contributed by atoms with van der Waals surface area (Å²) in [6.07, 6.45) is 0. The van der Waals surface area contributed by atoms with Crippen molar-refractivity contribution in [2.75, 3.05) is 11.9 Å². The first-order chi connectivity index (χ1) is 13.6. The maximum Gasteiger partial charge on any atom is 0.397 e. The summed E-state index contributed by atoms with van der Waals surface area (Å²) in [7, 11) is 0. The molecular formula is C21H20N2O4S. The number of aromatic nitrogens is 1. The standard InChI is InChI=1S/C21H20N2O4S/c1-3-26-21(25)19(24)23-16-9-11-17(12-10-16)27-13-18-14(2)22-20(28-18)15-7-5-4-6-8-15/h4-12H,3,13H2,1-2H3,(H,23,24). The minimum Gasteiger partial charge on any atom is -0.488 e. The molecule has 1 aromatic heterocycles. The molecule has 0 saturated carbocycles. The summed E-state index contributed by atoms with van der Waals surface area (Å²) in [5.41, 5.74) is 2.52. The molecule has 28 heavy (non-hydrogen) atoms. The molecular weight excluding hydrogens is 376 g/mol. The molecule has 3 rings (SSSR count). The van der Waals surface area contributed by atoms with Crippen LogP contribution in [0.5, 0.6) is 5.75 Å². The van der Waals surface area contributed by atoms with Gasteiger partial charge in [0, 0.05) is 11.3 Å². The monoisotopic (exact) mass is 396 g/mol. The van der Waals surface area contributed by atoms with E-state index in [-0.39, 0.29) is 6.61 Å². The Morgan fingerprint density at radius 2 is 1.79 bits per heavy atom. The van der Waals surface area contributed by atoms with Gasteiger partial charge in [-0.1, -0.05) is 30.3 Å². The number of rotatable bonds is 6. The van der Waals surface area contributed by atoms with Crippen LogP contribution in [0.2, 0.25) is 0 Å². The summed E-state index contributed by atoms with van der Waals surface area (Å²) in [5, 5.41) is 3.45. The van der Waals surface area contributed by atoms with Crippen molar-refractivity contribution in [1.82, 2.24) is 4.98 Å². The number of esters is 1. The number of hydrogen-bond acceptors (Lipinski definition) is 6. The lowest BCUT2D eigenvalue weighted by Gasteiger charge is -2.07. The average Bonchev–Trinajstić information content (AvgIpc) is 3.09. The van der Waals surface area contributed by atoms with Crippen LogP contribution in [0, 0.1) is 6.92 Å². The smallest absolute Gasteiger partial charge is 0.397 e. The van der Waals surface area contributed by atoms with Crippen LogP contribution in [-0.4, -0.2) is 23.5 Å². The third-order valence-corrected chi connectivity index (χ3v) is 5.04. The van der Waals surface area contributed by atoms with Crippen molar-refractivity contribution < 1.29 is 19.1 Å². The molecule has 0 saturated heterocycles. The van der Waals surface area contributed by atoms with Gasteiger partial charge in [-0.15, -0.1) is 11.3 Å². The maximum absolute atomic E-state index is 11.6. The lowest BCUT2D eigenvalue weighted by Crippen LogP contribution is -2.24. The topological polar surface area (TPSA) is 77.5 Å². The number of aryl methyl sites for hydroxylation is 1. The summed E-state index contributed by atoms with van der Waals surface area (Å²) in [6, 6.07) is 16.8. The zero-order valence-electron chi connectivity index (χ0n) is 15.6. The molecule has 0 aliphatic carbocycles. The van der Waals surface area contributed by atoms with Gasteiger partial charge < -0.3 is 14.8 Å². The molecule has 0 fully saturated rings. The molecule has 3 aromatic rings. The third-order valence-electron chi connectivity index (χ3n) is 3.86. The quantitative estimate of drug-likeness (QED) is 0.499. The molecule has 0 aliphatic rings. The molecule has 144 valence electrons. The van der Waals surface area contributed by atoms with E-state index in [9.17, 15) is 9.59 Å². The Bertz CT molecular complexity index is 952. The Balaban J connectivity index is 1.59. The lowest BCUT2D eigenvalue weighted by atomic mass is 10.2.